The lowest BCUT2D eigenvalue weighted by Crippen LogP contribution is -2.32. The summed E-state index contributed by atoms with van der Waals surface area (Å²) in [4.78, 5) is 11.8. The van der Waals surface area contributed by atoms with Crippen molar-refractivity contribution in [2.45, 2.75) is 26.4 Å². The van der Waals surface area contributed by atoms with Crippen molar-refractivity contribution in [1.82, 2.24) is 0 Å². The van der Waals surface area contributed by atoms with Gasteiger partial charge in [0.15, 0.2) is 0 Å². The summed E-state index contributed by atoms with van der Waals surface area (Å²) in [6, 6.07) is 8.09. The SMILES string of the molecule is CC(C)OC(=O)[C@@H]1CNc2ccccc2C1. The van der Waals surface area contributed by atoms with Crippen molar-refractivity contribution in [3.63, 3.8) is 0 Å². The Bertz CT molecular complexity index is 387. The van der Waals surface area contributed by atoms with E-state index in [0.29, 0.717) is 6.54 Å². The van der Waals surface area contributed by atoms with Crippen LogP contribution in [0.25, 0.3) is 0 Å². The molecule has 0 saturated carbocycles. The maximum absolute atomic E-state index is 11.8. The summed E-state index contributed by atoms with van der Waals surface area (Å²) >= 11 is 0. The predicted octanol–water partition coefficient (Wildman–Crippen LogP) is 2.22. The van der Waals surface area contributed by atoms with E-state index in [9.17, 15) is 4.79 Å². The number of ether oxygens (including phenoxy) is 1. The summed E-state index contributed by atoms with van der Waals surface area (Å²) in [6.07, 6.45) is 0.735. The molecule has 0 bridgehead atoms. The molecule has 0 unspecified atom stereocenters. The van der Waals surface area contributed by atoms with Crippen LogP contribution in [-0.4, -0.2) is 18.6 Å². The smallest absolute Gasteiger partial charge is 0.311 e. The summed E-state index contributed by atoms with van der Waals surface area (Å²) in [7, 11) is 0. The summed E-state index contributed by atoms with van der Waals surface area (Å²) in [5.74, 6) is -0.158. The molecular weight excluding hydrogens is 202 g/mol. The number of carbonyl (C=O) groups excluding carboxylic acids is 1. The van der Waals surface area contributed by atoms with Gasteiger partial charge in [0.25, 0.3) is 0 Å². The third-order valence-electron chi connectivity index (χ3n) is 2.71. The van der Waals surface area contributed by atoms with Gasteiger partial charge in [0.05, 0.1) is 12.0 Å². The molecule has 1 aromatic carbocycles. The second-order valence-electron chi connectivity index (χ2n) is 4.42. The van der Waals surface area contributed by atoms with E-state index in [1.165, 1.54) is 5.56 Å². The van der Waals surface area contributed by atoms with E-state index >= 15 is 0 Å². The van der Waals surface area contributed by atoms with Gasteiger partial charge in [-0.25, -0.2) is 0 Å². The maximum Gasteiger partial charge on any atom is 0.311 e. The molecule has 86 valence electrons. The number of rotatable bonds is 2. The summed E-state index contributed by atoms with van der Waals surface area (Å²) < 4.78 is 5.23. The number of hydrogen-bond acceptors (Lipinski definition) is 3. The topological polar surface area (TPSA) is 38.3 Å². The minimum absolute atomic E-state index is 0.0373. The zero-order valence-corrected chi connectivity index (χ0v) is 9.69. The zero-order chi connectivity index (χ0) is 11.5. The molecule has 2 rings (SSSR count). The molecule has 0 spiro atoms. The highest BCUT2D eigenvalue weighted by Crippen LogP contribution is 2.24. The molecule has 1 aliphatic heterocycles. The Morgan fingerprint density at radius 2 is 2.19 bits per heavy atom. The number of anilines is 1. The van der Waals surface area contributed by atoms with Gasteiger partial charge in [-0.2, -0.15) is 0 Å². The lowest BCUT2D eigenvalue weighted by molar-refractivity contribution is -0.151. The van der Waals surface area contributed by atoms with E-state index in [1.54, 1.807) is 0 Å². The maximum atomic E-state index is 11.8. The molecule has 1 aliphatic rings. The number of fused-ring (bicyclic) bond motifs is 1. The number of esters is 1. The number of hydrogen-bond donors (Lipinski definition) is 1. The summed E-state index contributed by atoms with van der Waals surface area (Å²) in [5, 5.41) is 3.27. The molecule has 0 amide bonds. The third kappa shape index (κ3) is 2.35. The van der Waals surface area contributed by atoms with Gasteiger partial charge in [0.1, 0.15) is 0 Å². The summed E-state index contributed by atoms with van der Waals surface area (Å²) in [6.45, 7) is 4.42. The van der Waals surface area contributed by atoms with Crippen LogP contribution in [0.4, 0.5) is 5.69 Å². The van der Waals surface area contributed by atoms with Crippen molar-refractivity contribution in [3.05, 3.63) is 29.8 Å². The van der Waals surface area contributed by atoms with Gasteiger partial charge in [0.2, 0.25) is 0 Å². The van der Waals surface area contributed by atoms with Crippen LogP contribution in [0.3, 0.4) is 0 Å². The molecule has 0 aromatic heterocycles. The van der Waals surface area contributed by atoms with Crippen LogP contribution in [0.1, 0.15) is 19.4 Å². The molecule has 16 heavy (non-hydrogen) atoms. The second kappa shape index (κ2) is 4.56. The van der Waals surface area contributed by atoms with E-state index in [0.717, 1.165) is 12.1 Å². The van der Waals surface area contributed by atoms with Crippen molar-refractivity contribution < 1.29 is 9.53 Å². The third-order valence-corrected chi connectivity index (χ3v) is 2.71. The van der Waals surface area contributed by atoms with Crippen molar-refractivity contribution >= 4 is 11.7 Å². The van der Waals surface area contributed by atoms with Crippen LogP contribution in [0, 0.1) is 5.92 Å². The zero-order valence-electron chi connectivity index (χ0n) is 9.69. The number of nitrogens with one attached hydrogen (secondary N) is 1. The van der Waals surface area contributed by atoms with Gasteiger partial charge >= 0.3 is 5.97 Å². The van der Waals surface area contributed by atoms with Crippen LogP contribution < -0.4 is 5.32 Å². The normalized spacial score (nSPS) is 18.8. The first kappa shape index (κ1) is 11.0. The van der Waals surface area contributed by atoms with Crippen LogP contribution >= 0.6 is 0 Å². The van der Waals surface area contributed by atoms with Crippen molar-refractivity contribution in [2.75, 3.05) is 11.9 Å². The average molecular weight is 219 g/mol. The minimum atomic E-state index is -0.1000. The first-order valence-corrected chi connectivity index (χ1v) is 5.69. The van der Waals surface area contributed by atoms with E-state index < -0.39 is 0 Å². The van der Waals surface area contributed by atoms with Crippen LogP contribution in [0.2, 0.25) is 0 Å². The van der Waals surface area contributed by atoms with Gasteiger partial charge in [-0.15, -0.1) is 0 Å². The van der Waals surface area contributed by atoms with Crippen LogP contribution in [0.5, 0.6) is 0 Å². The summed E-state index contributed by atoms with van der Waals surface area (Å²) in [5.41, 5.74) is 2.33. The highest BCUT2D eigenvalue weighted by atomic mass is 16.5. The van der Waals surface area contributed by atoms with Gasteiger partial charge in [-0.3, -0.25) is 4.79 Å². The molecule has 3 heteroatoms. The van der Waals surface area contributed by atoms with E-state index in [4.69, 9.17) is 4.74 Å². The minimum Gasteiger partial charge on any atom is -0.463 e. The van der Waals surface area contributed by atoms with Crippen molar-refractivity contribution in [3.8, 4) is 0 Å². The monoisotopic (exact) mass is 219 g/mol. The fourth-order valence-corrected chi connectivity index (χ4v) is 1.94. The highest BCUT2D eigenvalue weighted by molar-refractivity contribution is 5.75. The Balaban J connectivity index is 2.05. The Labute approximate surface area is 95.8 Å². The van der Waals surface area contributed by atoms with Gasteiger partial charge < -0.3 is 10.1 Å². The molecule has 0 fully saturated rings. The molecule has 1 atom stereocenters. The standard InChI is InChI=1S/C13H17NO2/c1-9(2)16-13(15)11-7-10-5-3-4-6-12(10)14-8-11/h3-6,9,11,14H,7-8H2,1-2H3/t11-/m0/s1. The Hall–Kier alpha value is -1.51. The van der Waals surface area contributed by atoms with Crippen LogP contribution in [-0.2, 0) is 16.0 Å². The number of carbonyl (C=O) groups is 1. The predicted molar refractivity (Wildman–Crippen MR) is 63.4 cm³/mol. The van der Waals surface area contributed by atoms with Gasteiger partial charge in [-0.05, 0) is 31.9 Å². The largest absolute Gasteiger partial charge is 0.463 e. The van der Waals surface area contributed by atoms with Crippen molar-refractivity contribution in [2.24, 2.45) is 5.92 Å². The lowest BCUT2D eigenvalue weighted by Gasteiger charge is -2.25. The molecule has 0 aliphatic carbocycles. The Kier molecular flexibility index (Phi) is 3.13. The molecular formula is C13H17NO2. The molecule has 0 radical (unpaired) electrons. The number of para-hydroxylation sites is 1. The van der Waals surface area contributed by atoms with E-state index in [-0.39, 0.29) is 18.0 Å². The van der Waals surface area contributed by atoms with Crippen molar-refractivity contribution in [1.29, 1.82) is 0 Å². The van der Waals surface area contributed by atoms with Gasteiger partial charge in [-0.1, -0.05) is 18.2 Å². The molecule has 3 nitrogen and oxygen atoms in total. The first-order chi connectivity index (χ1) is 7.66. The molecule has 1 aromatic rings. The Morgan fingerprint density at radius 3 is 2.94 bits per heavy atom. The molecule has 0 saturated heterocycles. The molecule has 1 heterocycles. The molecule has 1 N–H and O–H groups in total. The average Bonchev–Trinajstić information content (AvgIpc) is 2.27. The van der Waals surface area contributed by atoms with Gasteiger partial charge in [0, 0.05) is 12.2 Å². The highest BCUT2D eigenvalue weighted by Gasteiger charge is 2.25. The lowest BCUT2D eigenvalue weighted by atomic mass is 9.94. The first-order valence-electron chi connectivity index (χ1n) is 5.69. The fraction of sp³-hybridized carbons (Fsp3) is 0.462. The number of benzene rings is 1. The second-order valence-corrected chi connectivity index (χ2v) is 4.42. The quantitative estimate of drug-likeness (QED) is 0.775. The Morgan fingerprint density at radius 1 is 1.44 bits per heavy atom. The van der Waals surface area contributed by atoms with Crippen LogP contribution in [0.15, 0.2) is 24.3 Å². The fourth-order valence-electron chi connectivity index (χ4n) is 1.94. The van der Waals surface area contributed by atoms with E-state index in [1.807, 2.05) is 32.0 Å². The van der Waals surface area contributed by atoms with E-state index in [2.05, 4.69) is 11.4 Å².